The molecular weight excluding hydrogens is 354 g/mol. The van der Waals surface area contributed by atoms with E-state index in [4.69, 9.17) is 4.74 Å². The number of rotatable bonds is 5. The van der Waals surface area contributed by atoms with Crippen LogP contribution in [0.5, 0.6) is 0 Å². The number of benzene rings is 1. The Hall–Kier alpha value is -1.66. The minimum Gasteiger partial charge on any atom is -0.462 e. The molecule has 0 aliphatic heterocycles. The van der Waals surface area contributed by atoms with Crippen LogP contribution in [0.1, 0.15) is 33.4 Å². The van der Waals surface area contributed by atoms with Crippen molar-refractivity contribution in [2.24, 2.45) is 0 Å². The van der Waals surface area contributed by atoms with Crippen LogP contribution in [-0.4, -0.2) is 18.5 Å². The van der Waals surface area contributed by atoms with Gasteiger partial charge >= 0.3 is 5.97 Å². The first-order chi connectivity index (χ1) is 10.1. The number of thiophene rings is 1. The number of carbonyl (C=O) groups excluding carboxylic acids is 2. The summed E-state index contributed by atoms with van der Waals surface area (Å²) >= 11 is 4.68. The SMILES string of the molecule is CCCOC(=O)c1ccc(NC(=O)c2ccc(Br)s2)cc1. The summed E-state index contributed by atoms with van der Waals surface area (Å²) in [5.74, 6) is -0.524. The van der Waals surface area contributed by atoms with Gasteiger partial charge in [-0.25, -0.2) is 4.79 Å². The van der Waals surface area contributed by atoms with E-state index in [0.29, 0.717) is 22.7 Å². The van der Waals surface area contributed by atoms with Crippen molar-refractivity contribution in [1.29, 1.82) is 0 Å². The van der Waals surface area contributed by atoms with Crippen LogP contribution in [0.2, 0.25) is 0 Å². The fraction of sp³-hybridized carbons (Fsp3) is 0.200. The minimum atomic E-state index is -0.350. The smallest absolute Gasteiger partial charge is 0.338 e. The lowest BCUT2D eigenvalue weighted by Gasteiger charge is -2.06. The number of ether oxygens (including phenoxy) is 1. The van der Waals surface area contributed by atoms with E-state index in [9.17, 15) is 9.59 Å². The largest absolute Gasteiger partial charge is 0.462 e. The second kappa shape index (κ2) is 7.38. The van der Waals surface area contributed by atoms with E-state index in [-0.39, 0.29) is 11.9 Å². The number of carbonyl (C=O) groups is 2. The molecule has 0 unspecified atom stereocenters. The van der Waals surface area contributed by atoms with E-state index < -0.39 is 0 Å². The summed E-state index contributed by atoms with van der Waals surface area (Å²) in [7, 11) is 0. The van der Waals surface area contributed by atoms with Crippen molar-refractivity contribution in [3.8, 4) is 0 Å². The maximum Gasteiger partial charge on any atom is 0.338 e. The first-order valence-corrected chi connectivity index (χ1v) is 8.05. The molecular formula is C15H14BrNO3S. The van der Waals surface area contributed by atoms with Crippen molar-refractivity contribution in [2.75, 3.05) is 11.9 Å². The van der Waals surface area contributed by atoms with Gasteiger partial charge in [0.05, 0.1) is 20.8 Å². The molecule has 0 atom stereocenters. The molecule has 0 radical (unpaired) electrons. The summed E-state index contributed by atoms with van der Waals surface area (Å²) in [5, 5.41) is 2.78. The Morgan fingerprint density at radius 1 is 1.19 bits per heavy atom. The standard InChI is InChI=1S/C15H14BrNO3S/c1-2-9-20-15(19)10-3-5-11(6-4-10)17-14(18)12-7-8-13(16)21-12/h3-8H,2,9H2,1H3,(H,17,18). The van der Waals surface area contributed by atoms with Gasteiger partial charge in [0.2, 0.25) is 0 Å². The normalized spacial score (nSPS) is 10.2. The van der Waals surface area contributed by atoms with E-state index in [1.807, 2.05) is 13.0 Å². The van der Waals surface area contributed by atoms with Crippen molar-refractivity contribution in [1.82, 2.24) is 0 Å². The Morgan fingerprint density at radius 2 is 1.90 bits per heavy atom. The highest BCUT2D eigenvalue weighted by atomic mass is 79.9. The van der Waals surface area contributed by atoms with Gasteiger partial charge in [-0.1, -0.05) is 6.92 Å². The number of amides is 1. The molecule has 1 amide bonds. The maximum atomic E-state index is 12.0. The van der Waals surface area contributed by atoms with Crippen LogP contribution >= 0.6 is 27.3 Å². The molecule has 2 rings (SSSR count). The van der Waals surface area contributed by atoms with Crippen molar-refractivity contribution in [2.45, 2.75) is 13.3 Å². The van der Waals surface area contributed by atoms with Crippen LogP contribution < -0.4 is 5.32 Å². The zero-order chi connectivity index (χ0) is 15.2. The van der Waals surface area contributed by atoms with Crippen LogP contribution in [0.4, 0.5) is 5.69 Å². The molecule has 1 heterocycles. The zero-order valence-electron chi connectivity index (χ0n) is 11.4. The van der Waals surface area contributed by atoms with Gasteiger partial charge in [0, 0.05) is 5.69 Å². The summed E-state index contributed by atoms with van der Waals surface area (Å²) in [6, 6.07) is 10.2. The van der Waals surface area contributed by atoms with Crippen molar-refractivity contribution >= 4 is 44.8 Å². The summed E-state index contributed by atoms with van der Waals surface area (Å²) in [5.41, 5.74) is 1.11. The molecule has 0 spiro atoms. The molecule has 21 heavy (non-hydrogen) atoms. The van der Waals surface area contributed by atoms with Crippen LogP contribution in [0, 0.1) is 0 Å². The van der Waals surface area contributed by atoms with Gasteiger partial charge in [0.1, 0.15) is 0 Å². The van der Waals surface area contributed by atoms with E-state index >= 15 is 0 Å². The number of hydrogen-bond acceptors (Lipinski definition) is 4. The lowest BCUT2D eigenvalue weighted by molar-refractivity contribution is 0.0505. The number of nitrogens with one attached hydrogen (secondary N) is 1. The van der Waals surface area contributed by atoms with Crippen LogP contribution in [0.15, 0.2) is 40.2 Å². The molecule has 1 aromatic carbocycles. The highest BCUT2D eigenvalue weighted by Gasteiger charge is 2.10. The molecule has 0 saturated carbocycles. The summed E-state index contributed by atoms with van der Waals surface area (Å²) in [6.07, 6.45) is 0.788. The van der Waals surface area contributed by atoms with Crippen LogP contribution in [-0.2, 0) is 4.74 Å². The monoisotopic (exact) mass is 367 g/mol. The quantitative estimate of drug-likeness (QED) is 0.800. The fourth-order valence-electron chi connectivity index (χ4n) is 1.60. The molecule has 6 heteroatoms. The van der Waals surface area contributed by atoms with E-state index in [1.165, 1.54) is 11.3 Å². The van der Waals surface area contributed by atoms with Crippen LogP contribution in [0.3, 0.4) is 0 Å². The van der Waals surface area contributed by atoms with Gasteiger partial charge in [-0.05, 0) is 58.7 Å². The highest BCUT2D eigenvalue weighted by molar-refractivity contribution is 9.11. The first-order valence-electron chi connectivity index (χ1n) is 6.44. The van der Waals surface area contributed by atoms with Crippen molar-refractivity contribution in [3.63, 3.8) is 0 Å². The Labute approximate surface area is 135 Å². The van der Waals surface area contributed by atoms with Gasteiger partial charge in [-0.15, -0.1) is 11.3 Å². The maximum absolute atomic E-state index is 12.0. The highest BCUT2D eigenvalue weighted by Crippen LogP contribution is 2.23. The lowest BCUT2D eigenvalue weighted by atomic mass is 10.2. The zero-order valence-corrected chi connectivity index (χ0v) is 13.8. The van der Waals surface area contributed by atoms with Gasteiger partial charge in [0.25, 0.3) is 5.91 Å². The predicted molar refractivity (Wildman–Crippen MR) is 87.0 cm³/mol. The average Bonchev–Trinajstić information content (AvgIpc) is 2.92. The third-order valence-electron chi connectivity index (χ3n) is 2.61. The minimum absolute atomic E-state index is 0.174. The second-order valence-corrected chi connectivity index (χ2v) is 6.73. The molecule has 4 nitrogen and oxygen atoms in total. The molecule has 2 aromatic rings. The van der Waals surface area contributed by atoms with Gasteiger partial charge < -0.3 is 10.1 Å². The van der Waals surface area contributed by atoms with Crippen LogP contribution in [0.25, 0.3) is 0 Å². The van der Waals surface area contributed by atoms with E-state index in [1.54, 1.807) is 30.3 Å². The lowest BCUT2D eigenvalue weighted by Crippen LogP contribution is -2.10. The second-order valence-electron chi connectivity index (χ2n) is 4.27. The predicted octanol–water partition coefficient (Wildman–Crippen LogP) is 4.33. The summed E-state index contributed by atoms with van der Waals surface area (Å²) < 4.78 is 5.94. The van der Waals surface area contributed by atoms with Gasteiger partial charge in [0.15, 0.2) is 0 Å². The van der Waals surface area contributed by atoms with Gasteiger partial charge in [-0.2, -0.15) is 0 Å². The first kappa shape index (κ1) is 15.7. The van der Waals surface area contributed by atoms with Crippen molar-refractivity contribution < 1.29 is 14.3 Å². The summed E-state index contributed by atoms with van der Waals surface area (Å²) in [4.78, 5) is 24.2. The number of hydrogen-bond donors (Lipinski definition) is 1. The Kier molecular flexibility index (Phi) is 5.52. The van der Waals surface area contributed by atoms with Gasteiger partial charge in [-0.3, -0.25) is 4.79 Å². The van der Waals surface area contributed by atoms with Crippen molar-refractivity contribution in [3.05, 3.63) is 50.6 Å². The molecule has 0 fully saturated rings. The molecule has 0 aliphatic rings. The Balaban J connectivity index is 1.99. The molecule has 0 aliphatic carbocycles. The molecule has 110 valence electrons. The van der Waals surface area contributed by atoms with E-state index in [0.717, 1.165) is 10.2 Å². The Bertz CT molecular complexity index is 637. The third-order valence-corrected chi connectivity index (χ3v) is 4.24. The number of halogens is 1. The van der Waals surface area contributed by atoms with E-state index in [2.05, 4.69) is 21.2 Å². The molecule has 1 aromatic heterocycles. The average molecular weight is 368 g/mol. The third kappa shape index (κ3) is 4.41. The molecule has 0 saturated heterocycles. The molecule has 0 bridgehead atoms. The number of anilines is 1. The number of esters is 1. The summed E-state index contributed by atoms with van der Waals surface area (Å²) in [6.45, 7) is 2.35. The fourth-order valence-corrected chi connectivity index (χ4v) is 2.88. The molecule has 1 N–H and O–H groups in total. The Morgan fingerprint density at radius 3 is 2.48 bits per heavy atom. The topological polar surface area (TPSA) is 55.4 Å².